The first-order valence-corrected chi connectivity index (χ1v) is 9.53. The summed E-state index contributed by atoms with van der Waals surface area (Å²) in [4.78, 5) is 17.1. The Morgan fingerprint density at radius 2 is 1.96 bits per heavy atom. The molecule has 2 aliphatic rings. The van der Waals surface area contributed by atoms with Crippen molar-refractivity contribution in [1.29, 1.82) is 0 Å². The first-order chi connectivity index (χ1) is 11.7. The van der Waals surface area contributed by atoms with E-state index in [0.29, 0.717) is 18.4 Å². The Morgan fingerprint density at radius 3 is 2.72 bits per heavy atom. The second-order valence-electron chi connectivity index (χ2n) is 7.20. The molecule has 25 heavy (non-hydrogen) atoms. The number of piperazine rings is 1. The summed E-state index contributed by atoms with van der Waals surface area (Å²) in [5.41, 5.74) is 2.75. The van der Waals surface area contributed by atoms with Gasteiger partial charge >= 0.3 is 0 Å². The zero-order valence-electron chi connectivity index (χ0n) is 15.4. The summed E-state index contributed by atoms with van der Waals surface area (Å²) >= 11 is 0. The van der Waals surface area contributed by atoms with E-state index in [4.69, 9.17) is 0 Å². The Hall–Kier alpha value is -1.10. The molecular formula is C20H32ClN3O. The summed E-state index contributed by atoms with van der Waals surface area (Å²) in [6.45, 7) is 7.76. The highest BCUT2D eigenvalue weighted by Crippen LogP contribution is 2.30. The fourth-order valence-corrected chi connectivity index (χ4v) is 4.00. The third-order valence-electron chi connectivity index (χ3n) is 5.37. The number of amides is 1. The molecule has 0 aromatic heterocycles. The van der Waals surface area contributed by atoms with Crippen LogP contribution in [0.4, 0.5) is 0 Å². The molecule has 140 valence electrons. The fourth-order valence-electron chi connectivity index (χ4n) is 4.00. The summed E-state index contributed by atoms with van der Waals surface area (Å²) in [7, 11) is 0. The number of likely N-dealkylation sites (tertiary alicyclic amines) is 1. The van der Waals surface area contributed by atoms with Crippen LogP contribution in [-0.4, -0.2) is 55.0 Å². The van der Waals surface area contributed by atoms with Crippen LogP contribution >= 0.6 is 12.4 Å². The van der Waals surface area contributed by atoms with Crippen molar-refractivity contribution in [2.24, 2.45) is 0 Å². The second kappa shape index (κ2) is 10.1. The molecular weight excluding hydrogens is 334 g/mol. The quantitative estimate of drug-likeness (QED) is 0.890. The number of nitrogens with one attached hydrogen (secondary N) is 1. The van der Waals surface area contributed by atoms with Gasteiger partial charge in [-0.1, -0.05) is 42.7 Å². The maximum atomic E-state index is 12.5. The second-order valence-corrected chi connectivity index (χ2v) is 7.20. The number of rotatable bonds is 4. The smallest absolute Gasteiger partial charge is 0.223 e. The summed E-state index contributed by atoms with van der Waals surface area (Å²) < 4.78 is 0. The average molecular weight is 366 g/mol. The molecule has 3 rings (SSSR count). The third kappa shape index (κ3) is 5.70. The molecule has 1 amide bonds. The van der Waals surface area contributed by atoms with Crippen LogP contribution in [0, 0.1) is 6.92 Å². The van der Waals surface area contributed by atoms with Crippen LogP contribution < -0.4 is 5.32 Å². The Balaban J connectivity index is 0.00000225. The molecule has 0 saturated carbocycles. The molecule has 1 unspecified atom stereocenters. The van der Waals surface area contributed by atoms with Crippen LogP contribution in [0.1, 0.15) is 49.3 Å². The molecule has 1 atom stereocenters. The predicted molar refractivity (Wildman–Crippen MR) is 105 cm³/mol. The molecule has 1 aromatic carbocycles. The van der Waals surface area contributed by atoms with E-state index in [2.05, 4.69) is 41.4 Å². The lowest BCUT2D eigenvalue weighted by Crippen LogP contribution is -2.47. The standard InChI is InChI=1S/C20H31N3O.ClH/c1-17-6-5-7-18(16-17)19-8-3-2-4-12-22(19)13-9-20(24)23-14-10-21-11-15-23;/h5-7,16,19,21H,2-4,8-15H2,1H3;1H. The number of carbonyl (C=O) groups excluding carboxylic acids is 1. The van der Waals surface area contributed by atoms with Crippen molar-refractivity contribution in [3.63, 3.8) is 0 Å². The Morgan fingerprint density at radius 1 is 1.16 bits per heavy atom. The van der Waals surface area contributed by atoms with Crippen LogP contribution in [0.3, 0.4) is 0 Å². The maximum Gasteiger partial charge on any atom is 0.223 e. The van der Waals surface area contributed by atoms with Crippen molar-refractivity contribution in [2.45, 2.75) is 45.1 Å². The van der Waals surface area contributed by atoms with Gasteiger partial charge in [-0.15, -0.1) is 12.4 Å². The van der Waals surface area contributed by atoms with E-state index in [1.165, 1.54) is 36.8 Å². The van der Waals surface area contributed by atoms with Crippen LogP contribution in [0.15, 0.2) is 24.3 Å². The summed E-state index contributed by atoms with van der Waals surface area (Å²) in [5.74, 6) is 0.323. The summed E-state index contributed by atoms with van der Waals surface area (Å²) in [5, 5.41) is 3.31. The zero-order valence-corrected chi connectivity index (χ0v) is 16.2. The van der Waals surface area contributed by atoms with Crippen LogP contribution in [0.5, 0.6) is 0 Å². The molecule has 0 bridgehead atoms. The molecule has 2 saturated heterocycles. The Kier molecular flexibility index (Phi) is 8.20. The van der Waals surface area contributed by atoms with E-state index in [-0.39, 0.29) is 12.4 Å². The van der Waals surface area contributed by atoms with Gasteiger partial charge in [0.2, 0.25) is 5.91 Å². The van der Waals surface area contributed by atoms with E-state index < -0.39 is 0 Å². The Labute approximate surface area is 158 Å². The first-order valence-electron chi connectivity index (χ1n) is 9.53. The molecule has 0 radical (unpaired) electrons. The fraction of sp³-hybridized carbons (Fsp3) is 0.650. The summed E-state index contributed by atoms with van der Waals surface area (Å²) in [6, 6.07) is 9.39. The van der Waals surface area contributed by atoms with Crippen molar-refractivity contribution >= 4 is 18.3 Å². The van der Waals surface area contributed by atoms with E-state index >= 15 is 0 Å². The number of benzene rings is 1. The van der Waals surface area contributed by atoms with Gasteiger partial charge in [-0.25, -0.2) is 0 Å². The topological polar surface area (TPSA) is 35.6 Å². The first kappa shape index (κ1) is 20.2. The molecule has 2 fully saturated rings. The minimum atomic E-state index is 0. The maximum absolute atomic E-state index is 12.5. The molecule has 0 spiro atoms. The van der Waals surface area contributed by atoms with Gasteiger partial charge in [-0.3, -0.25) is 9.69 Å². The minimum absolute atomic E-state index is 0. The largest absolute Gasteiger partial charge is 0.340 e. The van der Waals surface area contributed by atoms with E-state index in [1.807, 2.05) is 4.90 Å². The van der Waals surface area contributed by atoms with Gasteiger partial charge < -0.3 is 10.2 Å². The average Bonchev–Trinajstić information content (AvgIpc) is 2.86. The molecule has 4 nitrogen and oxygen atoms in total. The molecule has 5 heteroatoms. The van der Waals surface area contributed by atoms with Gasteiger partial charge in [-0.05, 0) is 31.9 Å². The monoisotopic (exact) mass is 365 g/mol. The molecule has 2 aliphatic heterocycles. The highest BCUT2D eigenvalue weighted by atomic mass is 35.5. The lowest BCUT2D eigenvalue weighted by atomic mass is 9.99. The summed E-state index contributed by atoms with van der Waals surface area (Å²) in [6.07, 6.45) is 5.73. The number of aryl methyl sites for hydroxylation is 1. The SMILES string of the molecule is Cc1cccc(C2CCCCCN2CCC(=O)N2CCNCC2)c1.Cl. The molecule has 2 heterocycles. The number of nitrogens with zero attached hydrogens (tertiary/aromatic N) is 2. The van der Waals surface area contributed by atoms with Crippen LogP contribution in [-0.2, 0) is 4.79 Å². The highest BCUT2D eigenvalue weighted by Gasteiger charge is 2.24. The van der Waals surface area contributed by atoms with Crippen LogP contribution in [0.25, 0.3) is 0 Å². The number of halogens is 1. The van der Waals surface area contributed by atoms with Crippen molar-refractivity contribution < 1.29 is 4.79 Å². The lowest BCUT2D eigenvalue weighted by Gasteiger charge is -2.32. The minimum Gasteiger partial charge on any atom is -0.340 e. The van der Waals surface area contributed by atoms with Crippen molar-refractivity contribution in [3.8, 4) is 0 Å². The van der Waals surface area contributed by atoms with E-state index in [1.54, 1.807) is 0 Å². The Bertz CT molecular complexity index is 545. The molecule has 1 aromatic rings. The van der Waals surface area contributed by atoms with Gasteiger partial charge in [0, 0.05) is 45.2 Å². The predicted octanol–water partition coefficient (Wildman–Crippen LogP) is 3.16. The normalized spacial score (nSPS) is 22.1. The molecule has 1 N–H and O–H groups in total. The van der Waals surface area contributed by atoms with E-state index in [0.717, 1.165) is 39.3 Å². The van der Waals surface area contributed by atoms with Gasteiger partial charge in [-0.2, -0.15) is 0 Å². The van der Waals surface area contributed by atoms with Gasteiger partial charge in [0.15, 0.2) is 0 Å². The zero-order chi connectivity index (χ0) is 16.8. The van der Waals surface area contributed by atoms with Crippen LogP contribution in [0.2, 0.25) is 0 Å². The van der Waals surface area contributed by atoms with E-state index in [9.17, 15) is 4.79 Å². The highest BCUT2D eigenvalue weighted by molar-refractivity contribution is 5.85. The van der Waals surface area contributed by atoms with Crippen molar-refractivity contribution in [1.82, 2.24) is 15.1 Å². The lowest BCUT2D eigenvalue weighted by molar-refractivity contribution is -0.132. The molecule has 0 aliphatic carbocycles. The van der Waals surface area contributed by atoms with Crippen molar-refractivity contribution in [2.75, 3.05) is 39.3 Å². The van der Waals surface area contributed by atoms with Gasteiger partial charge in [0.05, 0.1) is 0 Å². The van der Waals surface area contributed by atoms with Gasteiger partial charge in [0.25, 0.3) is 0 Å². The third-order valence-corrected chi connectivity index (χ3v) is 5.37. The number of hydrogen-bond acceptors (Lipinski definition) is 3. The van der Waals surface area contributed by atoms with Crippen molar-refractivity contribution in [3.05, 3.63) is 35.4 Å². The number of carbonyl (C=O) groups is 1. The number of hydrogen-bond donors (Lipinski definition) is 1. The van der Waals surface area contributed by atoms with Gasteiger partial charge in [0.1, 0.15) is 0 Å².